The maximum absolute atomic E-state index is 12.4. The molecule has 1 heterocycles. The average molecular weight is 299 g/mol. The molecule has 1 aromatic rings. The van der Waals surface area contributed by atoms with Crippen molar-refractivity contribution in [3.05, 3.63) is 23.8 Å². The van der Waals surface area contributed by atoms with Crippen LogP contribution in [0.15, 0.2) is 23.1 Å². The van der Waals surface area contributed by atoms with E-state index in [1.165, 1.54) is 22.5 Å². The number of amides is 1. The Morgan fingerprint density at radius 3 is 2.55 bits per heavy atom. The monoisotopic (exact) mass is 299 g/mol. The van der Waals surface area contributed by atoms with Crippen molar-refractivity contribution in [2.45, 2.75) is 23.8 Å². The number of benzene rings is 1. The SMILES string of the molecule is CC1(O)CCN(S(=O)(=O)c2ccc(C(N)=O)cc2N)C1. The summed E-state index contributed by atoms with van der Waals surface area (Å²) in [7, 11) is -3.79. The number of carbonyl (C=O) groups is 1. The summed E-state index contributed by atoms with van der Waals surface area (Å²) >= 11 is 0. The molecule has 8 heteroatoms. The molecule has 0 radical (unpaired) electrons. The van der Waals surface area contributed by atoms with Gasteiger partial charge >= 0.3 is 0 Å². The van der Waals surface area contributed by atoms with Crippen LogP contribution in [0.2, 0.25) is 0 Å². The minimum absolute atomic E-state index is 0.0202. The molecule has 1 aliphatic heterocycles. The molecule has 1 atom stereocenters. The van der Waals surface area contributed by atoms with Crippen LogP contribution in [0.4, 0.5) is 5.69 Å². The molecule has 110 valence electrons. The van der Waals surface area contributed by atoms with Crippen molar-refractivity contribution in [1.82, 2.24) is 4.31 Å². The van der Waals surface area contributed by atoms with Gasteiger partial charge in [-0.2, -0.15) is 4.31 Å². The van der Waals surface area contributed by atoms with E-state index in [0.29, 0.717) is 6.42 Å². The summed E-state index contributed by atoms with van der Waals surface area (Å²) in [6, 6.07) is 3.82. The molecule has 1 fully saturated rings. The number of hydrogen-bond acceptors (Lipinski definition) is 5. The van der Waals surface area contributed by atoms with E-state index >= 15 is 0 Å². The number of anilines is 1. The summed E-state index contributed by atoms with van der Waals surface area (Å²) < 4.78 is 26.1. The minimum atomic E-state index is -3.79. The van der Waals surface area contributed by atoms with Crippen LogP contribution in [-0.4, -0.2) is 42.4 Å². The highest BCUT2D eigenvalue weighted by molar-refractivity contribution is 7.89. The Bertz CT molecular complexity index is 655. The van der Waals surface area contributed by atoms with Gasteiger partial charge in [0.15, 0.2) is 0 Å². The van der Waals surface area contributed by atoms with E-state index in [4.69, 9.17) is 11.5 Å². The Labute approximate surface area is 117 Å². The topological polar surface area (TPSA) is 127 Å². The van der Waals surface area contributed by atoms with Crippen molar-refractivity contribution < 1.29 is 18.3 Å². The second-order valence-corrected chi connectivity index (χ2v) is 7.11. The molecule has 1 aromatic carbocycles. The van der Waals surface area contributed by atoms with Gasteiger partial charge in [-0.1, -0.05) is 0 Å². The first-order valence-electron chi connectivity index (χ1n) is 6.05. The number of aliphatic hydroxyl groups is 1. The molecule has 1 amide bonds. The van der Waals surface area contributed by atoms with E-state index in [1.54, 1.807) is 6.92 Å². The Hall–Kier alpha value is -1.64. The molecule has 1 aliphatic rings. The first kappa shape index (κ1) is 14.8. The third-order valence-electron chi connectivity index (χ3n) is 3.33. The van der Waals surface area contributed by atoms with Crippen molar-refractivity contribution in [2.24, 2.45) is 5.73 Å². The van der Waals surface area contributed by atoms with Crippen LogP contribution in [0.3, 0.4) is 0 Å². The largest absolute Gasteiger partial charge is 0.398 e. The maximum Gasteiger partial charge on any atom is 0.248 e. The number of primary amides is 1. The van der Waals surface area contributed by atoms with Gasteiger partial charge in [0, 0.05) is 18.7 Å². The van der Waals surface area contributed by atoms with Gasteiger partial charge in [0.2, 0.25) is 15.9 Å². The lowest BCUT2D eigenvalue weighted by molar-refractivity contribution is 0.0762. The van der Waals surface area contributed by atoms with Gasteiger partial charge in [0.1, 0.15) is 4.90 Å². The van der Waals surface area contributed by atoms with Gasteiger partial charge < -0.3 is 16.6 Å². The lowest BCUT2D eigenvalue weighted by Gasteiger charge is -2.19. The molecule has 0 bridgehead atoms. The quantitative estimate of drug-likeness (QED) is 0.649. The first-order valence-corrected chi connectivity index (χ1v) is 7.49. The van der Waals surface area contributed by atoms with Gasteiger partial charge in [-0.3, -0.25) is 4.79 Å². The fourth-order valence-corrected chi connectivity index (χ4v) is 3.84. The van der Waals surface area contributed by atoms with E-state index < -0.39 is 21.5 Å². The summed E-state index contributed by atoms with van der Waals surface area (Å²) in [6.45, 7) is 1.83. The number of hydrogen-bond donors (Lipinski definition) is 3. The molecule has 0 aliphatic carbocycles. The highest BCUT2D eigenvalue weighted by atomic mass is 32.2. The third-order valence-corrected chi connectivity index (χ3v) is 5.25. The predicted octanol–water partition coefficient (Wildman–Crippen LogP) is -0.487. The number of nitrogens with two attached hydrogens (primary N) is 2. The van der Waals surface area contributed by atoms with Gasteiger partial charge in [0.05, 0.1) is 11.3 Å². The van der Waals surface area contributed by atoms with E-state index in [0.717, 1.165) is 0 Å². The summed E-state index contributed by atoms with van der Waals surface area (Å²) in [5.41, 5.74) is 9.90. The Kier molecular flexibility index (Phi) is 3.49. The van der Waals surface area contributed by atoms with Gasteiger partial charge in [-0.25, -0.2) is 8.42 Å². The van der Waals surface area contributed by atoms with Crippen LogP contribution in [0.5, 0.6) is 0 Å². The molecule has 0 aromatic heterocycles. The zero-order valence-corrected chi connectivity index (χ0v) is 11.9. The van der Waals surface area contributed by atoms with Crippen LogP contribution < -0.4 is 11.5 Å². The highest BCUT2D eigenvalue weighted by Crippen LogP contribution is 2.29. The van der Waals surface area contributed by atoms with Gasteiger partial charge in [0.25, 0.3) is 0 Å². The molecular weight excluding hydrogens is 282 g/mol. The molecule has 1 saturated heterocycles. The number of rotatable bonds is 3. The maximum atomic E-state index is 12.4. The predicted molar refractivity (Wildman–Crippen MR) is 73.4 cm³/mol. The Balaban J connectivity index is 2.38. The van der Waals surface area contributed by atoms with E-state index in [-0.39, 0.29) is 29.2 Å². The van der Waals surface area contributed by atoms with E-state index in [1.807, 2.05) is 0 Å². The molecule has 0 saturated carbocycles. The number of nitrogen functional groups attached to an aromatic ring is 1. The number of nitrogens with zero attached hydrogens (tertiary/aromatic N) is 1. The molecule has 2 rings (SSSR count). The molecule has 5 N–H and O–H groups in total. The molecule has 0 spiro atoms. The lowest BCUT2D eigenvalue weighted by Crippen LogP contribution is -2.34. The van der Waals surface area contributed by atoms with Crippen LogP contribution in [0.1, 0.15) is 23.7 Å². The summed E-state index contributed by atoms with van der Waals surface area (Å²) in [5.74, 6) is -0.676. The van der Waals surface area contributed by atoms with E-state index in [9.17, 15) is 18.3 Å². The lowest BCUT2D eigenvalue weighted by atomic mass is 10.1. The second kappa shape index (κ2) is 4.72. The first-order chi connectivity index (χ1) is 9.13. The van der Waals surface area contributed by atoms with Gasteiger partial charge in [-0.15, -0.1) is 0 Å². The molecule has 7 nitrogen and oxygen atoms in total. The molecule has 20 heavy (non-hydrogen) atoms. The molecule has 1 unspecified atom stereocenters. The second-order valence-electron chi connectivity index (χ2n) is 5.20. The van der Waals surface area contributed by atoms with Crippen LogP contribution in [0.25, 0.3) is 0 Å². The van der Waals surface area contributed by atoms with Crippen LogP contribution >= 0.6 is 0 Å². The standard InChI is InChI=1S/C12H17N3O4S/c1-12(17)4-5-15(7-12)20(18,19)10-3-2-8(11(14)16)6-9(10)13/h2-3,6,17H,4-5,7,13H2,1H3,(H2,14,16). The third kappa shape index (κ3) is 2.62. The average Bonchev–Trinajstić information content (AvgIpc) is 2.69. The molecular formula is C12H17N3O4S. The van der Waals surface area contributed by atoms with E-state index in [2.05, 4.69) is 0 Å². The highest BCUT2D eigenvalue weighted by Gasteiger charge is 2.39. The number of β-amino-alcohol motifs (C(OH)–C–C–N with tert-alkyl or cyclic N) is 1. The normalized spacial score (nSPS) is 23.9. The van der Waals surface area contributed by atoms with Crippen LogP contribution in [0, 0.1) is 0 Å². The van der Waals surface area contributed by atoms with Crippen molar-refractivity contribution >= 4 is 21.6 Å². The zero-order chi connectivity index (χ0) is 15.1. The Morgan fingerprint density at radius 1 is 1.45 bits per heavy atom. The van der Waals surface area contributed by atoms with Crippen LogP contribution in [-0.2, 0) is 10.0 Å². The smallest absolute Gasteiger partial charge is 0.248 e. The summed E-state index contributed by atoms with van der Waals surface area (Å²) in [5, 5.41) is 9.86. The fraction of sp³-hybridized carbons (Fsp3) is 0.417. The number of carbonyl (C=O) groups excluding carboxylic acids is 1. The Morgan fingerprint density at radius 2 is 2.10 bits per heavy atom. The van der Waals surface area contributed by atoms with Gasteiger partial charge in [-0.05, 0) is 31.5 Å². The minimum Gasteiger partial charge on any atom is -0.398 e. The number of sulfonamides is 1. The van der Waals surface area contributed by atoms with Crippen molar-refractivity contribution in [2.75, 3.05) is 18.8 Å². The fourth-order valence-electron chi connectivity index (χ4n) is 2.18. The van der Waals surface area contributed by atoms with Crippen molar-refractivity contribution in [3.63, 3.8) is 0 Å². The van der Waals surface area contributed by atoms with Crippen molar-refractivity contribution in [1.29, 1.82) is 0 Å². The summed E-state index contributed by atoms with van der Waals surface area (Å²) in [6.07, 6.45) is 0.367. The van der Waals surface area contributed by atoms with Crippen molar-refractivity contribution in [3.8, 4) is 0 Å². The zero-order valence-electron chi connectivity index (χ0n) is 11.0. The summed E-state index contributed by atoms with van der Waals surface area (Å²) in [4.78, 5) is 10.9.